The van der Waals surface area contributed by atoms with Crippen molar-refractivity contribution in [2.45, 2.75) is 84.5 Å². The quantitative estimate of drug-likeness (QED) is 0.456. The Hall–Kier alpha value is -0.130. The molecule has 1 aliphatic heterocycles. The van der Waals surface area contributed by atoms with Gasteiger partial charge in [0, 0.05) is 0 Å². The molecular formula is C18H39NO3S. The molecule has 0 aliphatic carbocycles. The Morgan fingerprint density at radius 3 is 1.74 bits per heavy atom. The molecule has 0 spiro atoms. The van der Waals surface area contributed by atoms with Gasteiger partial charge in [-0.15, -0.1) is 0 Å². The first-order valence-corrected chi connectivity index (χ1v) is 11.3. The van der Waals surface area contributed by atoms with Crippen LogP contribution in [-0.4, -0.2) is 43.8 Å². The van der Waals surface area contributed by atoms with E-state index in [-0.39, 0.29) is 0 Å². The fourth-order valence-electron chi connectivity index (χ4n) is 2.93. The molecule has 1 aliphatic rings. The summed E-state index contributed by atoms with van der Waals surface area (Å²) in [4.78, 5) is 2.68. The highest BCUT2D eigenvalue weighted by Gasteiger charge is 2.14. The zero-order chi connectivity index (χ0) is 17.6. The van der Waals surface area contributed by atoms with Crippen LogP contribution in [0.5, 0.6) is 0 Å². The molecule has 0 amide bonds. The zero-order valence-corrected chi connectivity index (χ0v) is 16.4. The minimum absolute atomic E-state index is 0.715. The summed E-state index contributed by atoms with van der Waals surface area (Å²) in [6.07, 6.45) is 16.6. The van der Waals surface area contributed by atoms with Crippen LogP contribution in [0.25, 0.3) is 0 Å². The van der Waals surface area contributed by atoms with Crippen molar-refractivity contribution in [3.63, 3.8) is 0 Å². The molecule has 23 heavy (non-hydrogen) atoms. The third kappa shape index (κ3) is 19.8. The summed E-state index contributed by atoms with van der Waals surface area (Å²) in [6.45, 7) is 8.77. The van der Waals surface area contributed by atoms with Gasteiger partial charge in [0.1, 0.15) is 0 Å². The van der Waals surface area contributed by atoms with E-state index in [1.165, 1.54) is 90.3 Å². The van der Waals surface area contributed by atoms with Crippen LogP contribution in [0, 0.1) is 5.92 Å². The van der Waals surface area contributed by atoms with Crippen molar-refractivity contribution in [3.8, 4) is 0 Å². The van der Waals surface area contributed by atoms with Gasteiger partial charge in [0.05, 0.1) is 6.26 Å². The standard InChI is InChI=1S/C17H35N.CH4O3S/c1-3-4-5-6-7-8-9-10-11-14-18-15-12-17(2)13-16-18;1-5(2,3)4/h17H,3-16H2,1-2H3;1H3,(H,2,3,4). The van der Waals surface area contributed by atoms with Crippen LogP contribution in [0.15, 0.2) is 0 Å². The Bertz CT molecular complexity index is 341. The fourth-order valence-corrected chi connectivity index (χ4v) is 2.93. The lowest BCUT2D eigenvalue weighted by Gasteiger charge is -2.30. The molecule has 0 aromatic rings. The van der Waals surface area contributed by atoms with Gasteiger partial charge in [-0.3, -0.25) is 4.55 Å². The van der Waals surface area contributed by atoms with Gasteiger partial charge in [-0.1, -0.05) is 65.2 Å². The Kier molecular flexibility index (Phi) is 14.2. The van der Waals surface area contributed by atoms with Crippen molar-refractivity contribution in [1.82, 2.24) is 4.90 Å². The molecule has 1 fully saturated rings. The van der Waals surface area contributed by atoms with Crippen LogP contribution in [0.1, 0.15) is 84.5 Å². The molecule has 0 bridgehead atoms. The smallest absolute Gasteiger partial charge is 0.261 e. The van der Waals surface area contributed by atoms with E-state index >= 15 is 0 Å². The number of hydrogen-bond acceptors (Lipinski definition) is 3. The number of rotatable bonds is 10. The lowest BCUT2D eigenvalue weighted by atomic mass is 9.99. The predicted octanol–water partition coefficient (Wildman–Crippen LogP) is 4.75. The Balaban J connectivity index is 0.000000841. The predicted molar refractivity (Wildman–Crippen MR) is 99.5 cm³/mol. The summed E-state index contributed by atoms with van der Waals surface area (Å²) in [5, 5.41) is 0. The van der Waals surface area contributed by atoms with Crippen molar-refractivity contribution in [2.75, 3.05) is 25.9 Å². The molecule has 1 saturated heterocycles. The molecule has 4 nitrogen and oxygen atoms in total. The lowest BCUT2D eigenvalue weighted by molar-refractivity contribution is 0.189. The minimum atomic E-state index is -3.67. The number of hydrogen-bond donors (Lipinski definition) is 1. The van der Waals surface area contributed by atoms with Gasteiger partial charge in [-0.2, -0.15) is 8.42 Å². The van der Waals surface area contributed by atoms with E-state index in [9.17, 15) is 8.42 Å². The Morgan fingerprint density at radius 1 is 0.913 bits per heavy atom. The molecular weight excluding hydrogens is 310 g/mol. The molecule has 0 atom stereocenters. The molecule has 1 N–H and O–H groups in total. The van der Waals surface area contributed by atoms with E-state index < -0.39 is 10.1 Å². The Morgan fingerprint density at radius 2 is 1.30 bits per heavy atom. The van der Waals surface area contributed by atoms with E-state index in [1.807, 2.05) is 0 Å². The van der Waals surface area contributed by atoms with Crippen molar-refractivity contribution in [1.29, 1.82) is 0 Å². The second kappa shape index (κ2) is 14.2. The highest BCUT2D eigenvalue weighted by molar-refractivity contribution is 7.85. The normalized spacial score (nSPS) is 16.9. The molecule has 1 rings (SSSR count). The zero-order valence-electron chi connectivity index (χ0n) is 15.6. The van der Waals surface area contributed by atoms with Gasteiger partial charge in [0.25, 0.3) is 10.1 Å². The molecule has 1 heterocycles. The average Bonchev–Trinajstić information content (AvgIpc) is 2.46. The van der Waals surface area contributed by atoms with Gasteiger partial charge in [-0.25, -0.2) is 0 Å². The van der Waals surface area contributed by atoms with Gasteiger partial charge < -0.3 is 4.90 Å². The Labute approximate surface area is 144 Å². The third-order valence-electron chi connectivity index (χ3n) is 4.45. The van der Waals surface area contributed by atoms with Crippen LogP contribution in [0.3, 0.4) is 0 Å². The maximum Gasteiger partial charge on any atom is 0.261 e. The van der Waals surface area contributed by atoms with Crippen LogP contribution < -0.4 is 0 Å². The molecule has 0 radical (unpaired) electrons. The van der Waals surface area contributed by atoms with Gasteiger partial charge in [0.15, 0.2) is 0 Å². The maximum atomic E-state index is 9.19. The average molecular weight is 350 g/mol. The van der Waals surface area contributed by atoms with Crippen LogP contribution >= 0.6 is 0 Å². The number of unbranched alkanes of at least 4 members (excludes halogenated alkanes) is 8. The van der Waals surface area contributed by atoms with Crippen LogP contribution in [0.2, 0.25) is 0 Å². The lowest BCUT2D eigenvalue weighted by Crippen LogP contribution is -2.33. The van der Waals surface area contributed by atoms with Gasteiger partial charge in [-0.05, 0) is 44.8 Å². The largest absolute Gasteiger partial charge is 0.303 e. The SMILES string of the molecule is CCCCCCCCCCCN1CCC(C)CC1.CS(=O)(=O)O. The van der Waals surface area contributed by atoms with Gasteiger partial charge >= 0.3 is 0 Å². The molecule has 0 aromatic heterocycles. The van der Waals surface area contributed by atoms with Crippen molar-refractivity contribution < 1.29 is 13.0 Å². The molecule has 140 valence electrons. The highest BCUT2D eigenvalue weighted by Crippen LogP contribution is 2.16. The minimum Gasteiger partial charge on any atom is -0.303 e. The summed E-state index contributed by atoms with van der Waals surface area (Å²) in [5.41, 5.74) is 0. The van der Waals surface area contributed by atoms with Crippen molar-refractivity contribution in [2.24, 2.45) is 5.92 Å². The van der Waals surface area contributed by atoms with Crippen molar-refractivity contribution >= 4 is 10.1 Å². The molecule has 0 saturated carbocycles. The van der Waals surface area contributed by atoms with Crippen LogP contribution in [0.4, 0.5) is 0 Å². The molecule has 0 unspecified atom stereocenters. The summed E-state index contributed by atoms with van der Waals surface area (Å²) < 4.78 is 25.9. The van der Waals surface area contributed by atoms with Gasteiger partial charge in [0.2, 0.25) is 0 Å². The fraction of sp³-hybridized carbons (Fsp3) is 1.00. The van der Waals surface area contributed by atoms with E-state index in [0.29, 0.717) is 6.26 Å². The second-order valence-electron chi connectivity index (χ2n) is 7.09. The first-order valence-electron chi connectivity index (χ1n) is 9.47. The third-order valence-corrected chi connectivity index (χ3v) is 4.45. The summed E-state index contributed by atoms with van der Waals surface area (Å²) in [6, 6.07) is 0. The first-order chi connectivity index (χ1) is 10.8. The monoisotopic (exact) mass is 349 g/mol. The van der Waals surface area contributed by atoms with E-state index in [1.54, 1.807) is 0 Å². The maximum absolute atomic E-state index is 9.19. The summed E-state index contributed by atoms with van der Waals surface area (Å²) >= 11 is 0. The van der Waals surface area contributed by atoms with E-state index in [2.05, 4.69) is 18.7 Å². The number of nitrogens with zero attached hydrogens (tertiary/aromatic N) is 1. The summed E-state index contributed by atoms with van der Waals surface area (Å²) in [7, 11) is -3.67. The summed E-state index contributed by atoms with van der Waals surface area (Å²) in [5.74, 6) is 0.976. The molecule has 0 aromatic carbocycles. The number of likely N-dealkylation sites (tertiary alicyclic amines) is 1. The van der Waals surface area contributed by atoms with E-state index in [4.69, 9.17) is 4.55 Å². The van der Waals surface area contributed by atoms with E-state index in [0.717, 1.165) is 5.92 Å². The second-order valence-corrected chi connectivity index (χ2v) is 8.55. The highest BCUT2D eigenvalue weighted by atomic mass is 32.2. The first kappa shape index (κ1) is 22.9. The topological polar surface area (TPSA) is 57.6 Å². The van der Waals surface area contributed by atoms with Crippen molar-refractivity contribution in [3.05, 3.63) is 0 Å². The number of piperidine rings is 1. The molecule has 5 heteroatoms. The van der Waals surface area contributed by atoms with Crippen LogP contribution in [-0.2, 0) is 10.1 Å².